The molecule has 1 aromatic heterocycles. The van der Waals surface area contributed by atoms with Crippen molar-refractivity contribution in [2.24, 2.45) is 0 Å². The second kappa shape index (κ2) is 5.67. The van der Waals surface area contributed by atoms with Crippen molar-refractivity contribution in [1.82, 2.24) is 4.98 Å². The van der Waals surface area contributed by atoms with Crippen molar-refractivity contribution in [3.8, 4) is 0 Å². The van der Waals surface area contributed by atoms with Gasteiger partial charge < -0.3 is 4.90 Å². The first-order valence-electron chi connectivity index (χ1n) is 6.87. The molecule has 0 bridgehead atoms. The molecule has 1 aromatic carbocycles. The third-order valence-electron chi connectivity index (χ3n) is 3.81. The molecule has 21 heavy (non-hydrogen) atoms. The highest BCUT2D eigenvalue weighted by Gasteiger charge is 2.34. The Morgan fingerprint density at radius 3 is 2.33 bits per heavy atom. The minimum atomic E-state index is -4.29. The largest absolute Gasteiger partial charge is 0.427 e. The number of halogens is 3. The van der Waals surface area contributed by atoms with Gasteiger partial charge >= 0.3 is 6.18 Å². The number of nitrogens with zero attached hydrogens (tertiary/aromatic N) is 2. The maximum Gasteiger partial charge on any atom is 0.427 e. The zero-order valence-electron chi connectivity index (χ0n) is 11.3. The Morgan fingerprint density at radius 2 is 1.76 bits per heavy atom. The lowest BCUT2D eigenvalue weighted by atomic mass is 9.90. The highest BCUT2D eigenvalue weighted by atomic mass is 32.1. The van der Waals surface area contributed by atoms with E-state index in [4.69, 9.17) is 0 Å². The molecular weight excluding hydrogens is 297 g/mol. The quantitative estimate of drug-likeness (QED) is 0.809. The van der Waals surface area contributed by atoms with Crippen LogP contribution in [0.3, 0.4) is 0 Å². The van der Waals surface area contributed by atoms with Crippen LogP contribution in [0.15, 0.2) is 36.5 Å². The summed E-state index contributed by atoms with van der Waals surface area (Å²) in [7, 11) is 0. The molecule has 0 spiro atoms. The second-order valence-corrected chi connectivity index (χ2v) is 6.19. The van der Waals surface area contributed by atoms with Gasteiger partial charge in [0.15, 0.2) is 5.13 Å². The van der Waals surface area contributed by atoms with E-state index in [2.05, 4.69) is 17.1 Å². The summed E-state index contributed by atoms with van der Waals surface area (Å²) in [6, 6.07) is 10.3. The number of thiazole rings is 1. The molecule has 1 aliphatic rings. The Kier molecular flexibility index (Phi) is 3.89. The number of benzene rings is 1. The van der Waals surface area contributed by atoms with Gasteiger partial charge in [-0.25, -0.2) is 4.98 Å². The van der Waals surface area contributed by atoms with Crippen LogP contribution < -0.4 is 4.90 Å². The normalized spacial score (nSPS) is 17.2. The minimum absolute atomic E-state index is 0.480. The van der Waals surface area contributed by atoms with Crippen LogP contribution in [0.4, 0.5) is 18.3 Å². The lowest BCUT2D eigenvalue weighted by Gasteiger charge is -2.32. The van der Waals surface area contributed by atoms with Crippen LogP contribution in [0.1, 0.15) is 29.2 Å². The summed E-state index contributed by atoms with van der Waals surface area (Å²) in [5, 5.41) is 0.480. The molecule has 0 atom stereocenters. The van der Waals surface area contributed by atoms with Gasteiger partial charge in [-0.05, 0) is 24.3 Å². The molecule has 0 amide bonds. The molecule has 2 aromatic rings. The van der Waals surface area contributed by atoms with Crippen molar-refractivity contribution in [1.29, 1.82) is 0 Å². The Hall–Kier alpha value is -1.56. The molecular formula is C15H15F3N2S. The van der Waals surface area contributed by atoms with Gasteiger partial charge in [-0.15, -0.1) is 0 Å². The third-order valence-corrected chi connectivity index (χ3v) is 4.91. The van der Waals surface area contributed by atoms with Crippen molar-refractivity contribution < 1.29 is 13.2 Å². The molecule has 0 unspecified atom stereocenters. The van der Waals surface area contributed by atoms with Crippen LogP contribution in [0.25, 0.3) is 0 Å². The summed E-state index contributed by atoms with van der Waals surface area (Å²) in [6.45, 7) is 1.51. The summed E-state index contributed by atoms with van der Waals surface area (Å²) in [6.07, 6.45) is -1.46. The molecule has 3 rings (SSSR count). The van der Waals surface area contributed by atoms with E-state index in [9.17, 15) is 13.2 Å². The first-order chi connectivity index (χ1) is 10.0. The lowest BCUT2D eigenvalue weighted by Crippen LogP contribution is -2.32. The molecule has 2 nitrogen and oxygen atoms in total. The lowest BCUT2D eigenvalue weighted by molar-refractivity contribution is -0.134. The summed E-state index contributed by atoms with van der Waals surface area (Å²) >= 11 is 0.733. The summed E-state index contributed by atoms with van der Waals surface area (Å²) in [4.78, 5) is 5.26. The van der Waals surface area contributed by atoms with E-state index < -0.39 is 11.1 Å². The highest BCUT2D eigenvalue weighted by molar-refractivity contribution is 7.15. The van der Waals surface area contributed by atoms with Gasteiger partial charge in [0, 0.05) is 13.1 Å². The molecule has 1 saturated heterocycles. The summed E-state index contributed by atoms with van der Waals surface area (Å²) in [5.41, 5.74) is 1.31. The minimum Gasteiger partial charge on any atom is -0.348 e. The van der Waals surface area contributed by atoms with Gasteiger partial charge in [0.05, 0.1) is 6.20 Å². The highest BCUT2D eigenvalue weighted by Crippen LogP contribution is 2.38. The van der Waals surface area contributed by atoms with E-state index in [-0.39, 0.29) is 0 Å². The molecule has 0 aliphatic carbocycles. The average molecular weight is 312 g/mol. The standard InChI is InChI=1S/C15H15F3N2S/c16-15(17,18)13-10-19-14(21-13)20-8-6-12(7-9-20)11-4-2-1-3-5-11/h1-5,10,12H,6-9H2. The summed E-state index contributed by atoms with van der Waals surface area (Å²) in [5.74, 6) is 0.490. The topological polar surface area (TPSA) is 16.1 Å². The van der Waals surface area contributed by atoms with E-state index in [1.165, 1.54) is 5.56 Å². The Morgan fingerprint density at radius 1 is 1.10 bits per heavy atom. The first kappa shape index (κ1) is 14.4. The monoisotopic (exact) mass is 312 g/mol. The fourth-order valence-corrected chi connectivity index (χ4v) is 3.51. The molecule has 0 radical (unpaired) electrons. The van der Waals surface area contributed by atoms with Crippen LogP contribution in [-0.2, 0) is 6.18 Å². The molecule has 0 N–H and O–H groups in total. The predicted molar refractivity (Wildman–Crippen MR) is 77.7 cm³/mol. The Labute approximate surface area is 125 Å². The summed E-state index contributed by atoms with van der Waals surface area (Å²) < 4.78 is 37.8. The predicted octanol–water partition coefficient (Wildman–Crippen LogP) is 4.55. The number of hydrogen-bond donors (Lipinski definition) is 0. The maximum absolute atomic E-state index is 12.6. The fraction of sp³-hybridized carbons (Fsp3) is 0.400. The van der Waals surface area contributed by atoms with Gasteiger partial charge in [-0.1, -0.05) is 41.7 Å². The zero-order chi connectivity index (χ0) is 14.9. The number of aromatic nitrogens is 1. The van der Waals surface area contributed by atoms with Gasteiger partial charge in [0.1, 0.15) is 4.88 Å². The van der Waals surface area contributed by atoms with Crippen LogP contribution >= 0.6 is 11.3 Å². The van der Waals surface area contributed by atoms with Crippen molar-refractivity contribution >= 4 is 16.5 Å². The van der Waals surface area contributed by atoms with E-state index in [1.54, 1.807) is 0 Å². The van der Waals surface area contributed by atoms with Crippen molar-refractivity contribution in [3.63, 3.8) is 0 Å². The number of piperidine rings is 1. The van der Waals surface area contributed by atoms with Crippen LogP contribution in [0, 0.1) is 0 Å². The zero-order valence-corrected chi connectivity index (χ0v) is 12.1. The molecule has 1 aliphatic heterocycles. The third kappa shape index (κ3) is 3.20. The van der Waals surface area contributed by atoms with Crippen molar-refractivity contribution in [2.75, 3.05) is 18.0 Å². The fourth-order valence-electron chi connectivity index (χ4n) is 2.67. The number of anilines is 1. The van der Waals surface area contributed by atoms with Gasteiger partial charge in [0.2, 0.25) is 0 Å². The van der Waals surface area contributed by atoms with E-state index in [0.29, 0.717) is 11.0 Å². The van der Waals surface area contributed by atoms with Crippen LogP contribution in [0.5, 0.6) is 0 Å². The Bertz CT molecular complexity index is 586. The van der Waals surface area contributed by atoms with Gasteiger partial charge in [0.25, 0.3) is 0 Å². The number of rotatable bonds is 2. The second-order valence-electron chi connectivity index (χ2n) is 5.18. The molecule has 1 fully saturated rings. The molecule has 6 heteroatoms. The van der Waals surface area contributed by atoms with E-state index in [0.717, 1.165) is 43.5 Å². The van der Waals surface area contributed by atoms with Crippen molar-refractivity contribution in [3.05, 3.63) is 47.0 Å². The SMILES string of the molecule is FC(F)(F)c1cnc(N2CCC(c3ccccc3)CC2)s1. The van der Waals surface area contributed by atoms with Crippen LogP contribution in [0.2, 0.25) is 0 Å². The molecule has 112 valence electrons. The van der Waals surface area contributed by atoms with Gasteiger partial charge in [-0.3, -0.25) is 0 Å². The maximum atomic E-state index is 12.6. The first-order valence-corrected chi connectivity index (χ1v) is 7.68. The van der Waals surface area contributed by atoms with Gasteiger partial charge in [-0.2, -0.15) is 13.2 Å². The number of hydrogen-bond acceptors (Lipinski definition) is 3. The van der Waals surface area contributed by atoms with E-state index >= 15 is 0 Å². The van der Waals surface area contributed by atoms with Crippen LogP contribution in [-0.4, -0.2) is 18.1 Å². The number of alkyl halides is 3. The van der Waals surface area contributed by atoms with Crippen molar-refractivity contribution in [2.45, 2.75) is 24.9 Å². The average Bonchev–Trinajstić information content (AvgIpc) is 2.98. The Balaban J connectivity index is 1.65. The molecule has 0 saturated carbocycles. The molecule has 2 heterocycles. The smallest absolute Gasteiger partial charge is 0.348 e. The van der Waals surface area contributed by atoms with E-state index in [1.807, 2.05) is 23.1 Å².